The van der Waals surface area contributed by atoms with Crippen molar-refractivity contribution in [2.75, 3.05) is 13.2 Å². The molecule has 4 rings (SSSR count). The number of carbonyl (C=O) groups excluding carboxylic acids is 2. The van der Waals surface area contributed by atoms with Crippen molar-refractivity contribution in [1.82, 2.24) is 9.88 Å². The van der Waals surface area contributed by atoms with E-state index in [0.29, 0.717) is 11.3 Å². The summed E-state index contributed by atoms with van der Waals surface area (Å²) in [5, 5.41) is 11.1. The van der Waals surface area contributed by atoms with Gasteiger partial charge in [0.05, 0.1) is 23.3 Å². The molecule has 0 unspecified atom stereocenters. The smallest absolute Gasteiger partial charge is 0.312 e. The molecule has 0 aliphatic carbocycles. The Labute approximate surface area is 152 Å². The number of phenols is 1. The van der Waals surface area contributed by atoms with Crippen molar-refractivity contribution in [3.63, 3.8) is 0 Å². The van der Waals surface area contributed by atoms with Crippen LogP contribution in [-0.2, 0) is 16.1 Å². The van der Waals surface area contributed by atoms with Crippen LogP contribution in [0, 0.1) is 0 Å². The van der Waals surface area contributed by atoms with Gasteiger partial charge in [0.15, 0.2) is 11.5 Å². The van der Waals surface area contributed by atoms with E-state index in [2.05, 4.69) is 4.98 Å². The molecule has 2 heterocycles. The van der Waals surface area contributed by atoms with Gasteiger partial charge in [-0.2, -0.15) is 0 Å². The van der Waals surface area contributed by atoms with E-state index in [4.69, 9.17) is 10.5 Å². The van der Waals surface area contributed by atoms with Crippen molar-refractivity contribution in [3.8, 4) is 22.1 Å². The number of nitrogens with zero attached hydrogens (tertiary/aromatic N) is 2. The normalized spacial score (nSPS) is 13.8. The number of benzene rings is 2. The number of rotatable bonds is 1. The molecule has 0 bridgehead atoms. The highest BCUT2D eigenvalue weighted by molar-refractivity contribution is 7.21. The minimum absolute atomic E-state index is 0.0230. The molecule has 0 saturated carbocycles. The number of aromatic hydroxyl groups is 1. The fourth-order valence-corrected chi connectivity index (χ4v) is 3.90. The number of primary amides is 1. The van der Waals surface area contributed by atoms with Gasteiger partial charge in [-0.05, 0) is 24.3 Å². The standard InChI is InChI=1S/C18H15N3O4S/c19-16(23)18(24)21-5-6-25-15-11(9-21)7-10(8-13(15)22)17-20-12-3-1-2-4-14(12)26-17/h1-4,7-8,22H,5-6,9H2,(H2,19,23). The highest BCUT2D eigenvalue weighted by atomic mass is 32.1. The molecule has 2 aromatic carbocycles. The van der Waals surface area contributed by atoms with Crippen molar-refractivity contribution in [3.05, 3.63) is 42.0 Å². The molecule has 0 radical (unpaired) electrons. The predicted octanol–water partition coefficient (Wildman–Crippen LogP) is 1.88. The Morgan fingerprint density at radius 2 is 2.08 bits per heavy atom. The number of aromatic nitrogens is 1. The Morgan fingerprint density at radius 3 is 2.85 bits per heavy atom. The van der Waals surface area contributed by atoms with Gasteiger partial charge >= 0.3 is 11.8 Å². The Morgan fingerprint density at radius 1 is 1.27 bits per heavy atom. The van der Waals surface area contributed by atoms with Gasteiger partial charge in [-0.15, -0.1) is 11.3 Å². The van der Waals surface area contributed by atoms with Gasteiger partial charge in [0.1, 0.15) is 11.6 Å². The lowest BCUT2D eigenvalue weighted by atomic mass is 10.1. The topological polar surface area (TPSA) is 106 Å². The Bertz CT molecular complexity index is 997. The first kappa shape index (κ1) is 16.3. The summed E-state index contributed by atoms with van der Waals surface area (Å²) >= 11 is 1.51. The average Bonchev–Trinajstić information content (AvgIpc) is 2.94. The summed E-state index contributed by atoms with van der Waals surface area (Å²) in [5.41, 5.74) is 7.31. The lowest BCUT2D eigenvalue weighted by Gasteiger charge is -2.17. The van der Waals surface area contributed by atoms with E-state index in [1.807, 2.05) is 30.3 Å². The summed E-state index contributed by atoms with van der Waals surface area (Å²) in [6.07, 6.45) is 0. The highest BCUT2D eigenvalue weighted by Crippen LogP contribution is 2.39. The zero-order valence-electron chi connectivity index (χ0n) is 13.6. The van der Waals surface area contributed by atoms with E-state index in [1.54, 1.807) is 6.07 Å². The number of fused-ring (bicyclic) bond motifs is 2. The molecule has 8 heteroatoms. The SMILES string of the molecule is NC(=O)C(=O)N1CCOc2c(O)cc(-c3nc4ccccc4s3)cc2C1. The van der Waals surface area contributed by atoms with Crippen LogP contribution in [0.1, 0.15) is 5.56 Å². The third kappa shape index (κ3) is 2.84. The number of para-hydroxylation sites is 1. The molecule has 1 aromatic heterocycles. The van der Waals surface area contributed by atoms with Gasteiger partial charge in [0.25, 0.3) is 0 Å². The quantitative estimate of drug-likeness (QED) is 0.637. The molecule has 1 aliphatic rings. The summed E-state index contributed by atoms with van der Waals surface area (Å²) in [7, 11) is 0. The first-order valence-corrected chi connectivity index (χ1v) is 8.78. The van der Waals surface area contributed by atoms with Gasteiger partial charge in [-0.3, -0.25) is 9.59 Å². The van der Waals surface area contributed by atoms with Gasteiger partial charge in [-0.1, -0.05) is 12.1 Å². The van der Waals surface area contributed by atoms with Crippen LogP contribution in [0.15, 0.2) is 36.4 Å². The number of phenolic OH excluding ortho intramolecular Hbond substituents is 1. The number of hydrogen-bond donors (Lipinski definition) is 2. The van der Waals surface area contributed by atoms with Crippen LogP contribution in [-0.4, -0.2) is 40.0 Å². The van der Waals surface area contributed by atoms with E-state index in [0.717, 1.165) is 20.8 Å². The number of carbonyl (C=O) groups is 2. The van der Waals surface area contributed by atoms with Crippen LogP contribution >= 0.6 is 11.3 Å². The van der Waals surface area contributed by atoms with Gasteiger partial charge < -0.3 is 20.5 Å². The van der Waals surface area contributed by atoms with Crippen LogP contribution in [0.25, 0.3) is 20.8 Å². The number of ether oxygens (including phenoxy) is 1. The van der Waals surface area contributed by atoms with Crippen LogP contribution in [0.5, 0.6) is 11.5 Å². The minimum Gasteiger partial charge on any atom is -0.504 e. The molecule has 2 amide bonds. The largest absolute Gasteiger partial charge is 0.504 e. The maximum absolute atomic E-state index is 11.9. The van der Waals surface area contributed by atoms with Gasteiger partial charge in [-0.25, -0.2) is 4.98 Å². The second-order valence-electron chi connectivity index (χ2n) is 5.91. The van der Waals surface area contributed by atoms with Crippen molar-refractivity contribution < 1.29 is 19.4 Å². The fourth-order valence-electron chi connectivity index (χ4n) is 2.95. The van der Waals surface area contributed by atoms with Gasteiger partial charge in [0.2, 0.25) is 0 Å². The second-order valence-corrected chi connectivity index (χ2v) is 6.94. The molecule has 132 valence electrons. The van der Waals surface area contributed by atoms with E-state index in [-0.39, 0.29) is 25.4 Å². The molecular formula is C18H15N3O4S. The number of nitrogens with two attached hydrogens (primary N) is 1. The minimum atomic E-state index is -1.01. The van der Waals surface area contributed by atoms with Crippen molar-refractivity contribution in [2.45, 2.75) is 6.54 Å². The number of hydrogen-bond acceptors (Lipinski definition) is 6. The third-order valence-electron chi connectivity index (χ3n) is 4.15. The Kier molecular flexibility index (Phi) is 3.96. The Hall–Kier alpha value is -3.13. The average molecular weight is 369 g/mol. The number of amides is 2. The fraction of sp³-hybridized carbons (Fsp3) is 0.167. The summed E-state index contributed by atoms with van der Waals surface area (Å²) in [5.74, 6) is -1.49. The Balaban J connectivity index is 1.76. The van der Waals surface area contributed by atoms with Gasteiger partial charge in [0, 0.05) is 11.1 Å². The molecule has 26 heavy (non-hydrogen) atoms. The molecule has 3 N–H and O–H groups in total. The zero-order chi connectivity index (χ0) is 18.3. The van der Waals surface area contributed by atoms with E-state index in [1.165, 1.54) is 16.2 Å². The summed E-state index contributed by atoms with van der Waals surface area (Å²) in [6.45, 7) is 0.510. The first-order valence-electron chi connectivity index (χ1n) is 7.96. The molecule has 0 spiro atoms. The van der Waals surface area contributed by atoms with Crippen LogP contribution in [0.3, 0.4) is 0 Å². The van der Waals surface area contributed by atoms with Crippen LogP contribution in [0.4, 0.5) is 0 Å². The molecule has 7 nitrogen and oxygen atoms in total. The molecule has 1 aliphatic heterocycles. The predicted molar refractivity (Wildman–Crippen MR) is 96.8 cm³/mol. The molecule has 0 fully saturated rings. The van der Waals surface area contributed by atoms with Crippen molar-refractivity contribution in [2.24, 2.45) is 5.73 Å². The number of thiazole rings is 1. The van der Waals surface area contributed by atoms with Crippen molar-refractivity contribution >= 4 is 33.4 Å². The van der Waals surface area contributed by atoms with Crippen LogP contribution in [0.2, 0.25) is 0 Å². The second kappa shape index (κ2) is 6.30. The maximum Gasteiger partial charge on any atom is 0.312 e. The molecule has 0 saturated heterocycles. The monoisotopic (exact) mass is 369 g/mol. The summed E-state index contributed by atoms with van der Waals surface area (Å²) in [6, 6.07) is 11.2. The molecule has 0 atom stereocenters. The molecular weight excluding hydrogens is 354 g/mol. The first-order chi connectivity index (χ1) is 12.5. The van der Waals surface area contributed by atoms with Crippen molar-refractivity contribution in [1.29, 1.82) is 0 Å². The third-order valence-corrected chi connectivity index (χ3v) is 5.24. The van der Waals surface area contributed by atoms with E-state index in [9.17, 15) is 14.7 Å². The summed E-state index contributed by atoms with van der Waals surface area (Å²) < 4.78 is 6.62. The van der Waals surface area contributed by atoms with Crippen LogP contribution < -0.4 is 10.5 Å². The lowest BCUT2D eigenvalue weighted by molar-refractivity contribution is -0.144. The zero-order valence-corrected chi connectivity index (χ0v) is 14.5. The maximum atomic E-state index is 11.9. The van der Waals surface area contributed by atoms with E-state index >= 15 is 0 Å². The highest BCUT2D eigenvalue weighted by Gasteiger charge is 2.25. The van der Waals surface area contributed by atoms with E-state index < -0.39 is 11.8 Å². The lowest BCUT2D eigenvalue weighted by Crippen LogP contribution is -2.40. The summed E-state index contributed by atoms with van der Waals surface area (Å²) in [4.78, 5) is 29.1. The molecule has 3 aromatic rings.